The van der Waals surface area contributed by atoms with Gasteiger partial charge in [0.05, 0.1) is 18.3 Å². The van der Waals surface area contributed by atoms with E-state index >= 15 is 0 Å². The summed E-state index contributed by atoms with van der Waals surface area (Å²) in [7, 11) is 1.76. The van der Waals surface area contributed by atoms with Gasteiger partial charge in [-0.15, -0.1) is 0 Å². The predicted octanol–water partition coefficient (Wildman–Crippen LogP) is 1.11. The van der Waals surface area contributed by atoms with Gasteiger partial charge in [0.2, 0.25) is 5.43 Å². The van der Waals surface area contributed by atoms with Gasteiger partial charge in [-0.25, -0.2) is 4.79 Å². The van der Waals surface area contributed by atoms with E-state index in [-0.39, 0.29) is 17.6 Å². The Kier molecular flexibility index (Phi) is 2.91. The van der Waals surface area contributed by atoms with E-state index in [0.29, 0.717) is 10.9 Å². The number of carbonyl (C=O) groups excluding carboxylic acids is 1. The van der Waals surface area contributed by atoms with E-state index in [1.54, 1.807) is 30.8 Å². The first-order valence-electron chi connectivity index (χ1n) is 5.25. The Bertz CT molecular complexity index is 631. The summed E-state index contributed by atoms with van der Waals surface area (Å²) in [4.78, 5) is 27.6. The van der Waals surface area contributed by atoms with Crippen molar-refractivity contribution in [1.29, 1.82) is 0 Å². The standard InChI is InChI=1S/C12H12N2O3/c1-3-17-12(16)9-7-14(2)10-6-13-5-4-8(10)11(9)15/h4-7H,3H2,1-2H3. The highest BCUT2D eigenvalue weighted by molar-refractivity contribution is 5.93. The van der Waals surface area contributed by atoms with Gasteiger partial charge in [-0.1, -0.05) is 0 Å². The van der Waals surface area contributed by atoms with Gasteiger partial charge in [-0.3, -0.25) is 9.78 Å². The third kappa shape index (κ3) is 1.91. The Balaban J connectivity index is 2.71. The van der Waals surface area contributed by atoms with E-state index in [2.05, 4.69) is 4.98 Å². The van der Waals surface area contributed by atoms with Gasteiger partial charge in [0.1, 0.15) is 5.56 Å². The van der Waals surface area contributed by atoms with E-state index in [1.165, 1.54) is 12.4 Å². The summed E-state index contributed by atoms with van der Waals surface area (Å²) in [5.74, 6) is -0.591. The fourth-order valence-corrected chi connectivity index (χ4v) is 1.68. The summed E-state index contributed by atoms with van der Waals surface area (Å²) in [6, 6.07) is 1.60. The van der Waals surface area contributed by atoms with Gasteiger partial charge in [-0.05, 0) is 13.0 Å². The minimum absolute atomic E-state index is 0.0491. The summed E-state index contributed by atoms with van der Waals surface area (Å²) in [5, 5.41) is 0.466. The zero-order chi connectivity index (χ0) is 12.4. The van der Waals surface area contributed by atoms with Crippen LogP contribution in [0.25, 0.3) is 10.9 Å². The van der Waals surface area contributed by atoms with Crippen LogP contribution in [0.2, 0.25) is 0 Å². The molecule has 0 aromatic carbocycles. The highest BCUT2D eigenvalue weighted by atomic mass is 16.5. The molecule has 0 amide bonds. The second-order valence-corrected chi connectivity index (χ2v) is 3.60. The quantitative estimate of drug-likeness (QED) is 0.728. The van der Waals surface area contributed by atoms with Crippen LogP contribution in [0.4, 0.5) is 0 Å². The van der Waals surface area contributed by atoms with Crippen molar-refractivity contribution >= 4 is 16.9 Å². The number of nitrogens with zero attached hydrogens (tertiary/aromatic N) is 2. The lowest BCUT2D eigenvalue weighted by atomic mass is 10.2. The maximum absolute atomic E-state index is 12.1. The minimum atomic E-state index is -0.591. The molecule has 5 nitrogen and oxygen atoms in total. The largest absolute Gasteiger partial charge is 0.462 e. The fraction of sp³-hybridized carbons (Fsp3) is 0.250. The highest BCUT2D eigenvalue weighted by Crippen LogP contribution is 2.09. The molecule has 0 radical (unpaired) electrons. The average molecular weight is 232 g/mol. The SMILES string of the molecule is CCOC(=O)c1cn(C)c2cnccc2c1=O. The van der Waals surface area contributed by atoms with Crippen molar-refractivity contribution in [1.82, 2.24) is 9.55 Å². The zero-order valence-corrected chi connectivity index (χ0v) is 9.64. The molecular weight excluding hydrogens is 220 g/mol. The average Bonchev–Trinajstić information content (AvgIpc) is 2.34. The zero-order valence-electron chi connectivity index (χ0n) is 9.64. The number of aryl methyl sites for hydroxylation is 1. The number of ether oxygens (including phenoxy) is 1. The number of fused-ring (bicyclic) bond motifs is 1. The maximum Gasteiger partial charge on any atom is 0.343 e. The Labute approximate surface area is 97.7 Å². The molecule has 0 saturated carbocycles. The van der Waals surface area contributed by atoms with Crippen LogP contribution < -0.4 is 5.43 Å². The number of esters is 1. The van der Waals surface area contributed by atoms with Crippen LogP contribution in [0.15, 0.2) is 29.5 Å². The second kappa shape index (κ2) is 4.37. The van der Waals surface area contributed by atoms with Crippen LogP contribution in [0.3, 0.4) is 0 Å². The van der Waals surface area contributed by atoms with Crippen LogP contribution in [-0.2, 0) is 11.8 Å². The first-order valence-corrected chi connectivity index (χ1v) is 5.25. The summed E-state index contributed by atoms with van der Waals surface area (Å²) in [5.41, 5.74) is 0.414. The number of rotatable bonds is 2. The molecule has 0 unspecified atom stereocenters. The summed E-state index contributed by atoms with van der Waals surface area (Å²) in [6.45, 7) is 1.95. The van der Waals surface area contributed by atoms with Crippen molar-refractivity contribution in [3.05, 3.63) is 40.4 Å². The molecule has 0 aliphatic rings. The lowest BCUT2D eigenvalue weighted by molar-refractivity contribution is 0.0524. The van der Waals surface area contributed by atoms with E-state index in [1.807, 2.05) is 0 Å². The van der Waals surface area contributed by atoms with Crippen molar-refractivity contribution < 1.29 is 9.53 Å². The van der Waals surface area contributed by atoms with Crippen LogP contribution in [0, 0.1) is 0 Å². The summed E-state index contributed by atoms with van der Waals surface area (Å²) >= 11 is 0. The Hall–Kier alpha value is -2.17. The summed E-state index contributed by atoms with van der Waals surface area (Å²) < 4.78 is 6.54. The molecule has 2 rings (SSSR count). The molecule has 88 valence electrons. The van der Waals surface area contributed by atoms with E-state index < -0.39 is 5.97 Å². The van der Waals surface area contributed by atoms with E-state index in [9.17, 15) is 9.59 Å². The van der Waals surface area contributed by atoms with Crippen LogP contribution >= 0.6 is 0 Å². The molecule has 0 saturated heterocycles. The number of carbonyl (C=O) groups is 1. The van der Waals surface area contributed by atoms with Crippen molar-refractivity contribution in [2.75, 3.05) is 6.61 Å². The molecule has 0 aliphatic carbocycles. The summed E-state index contributed by atoms with van der Waals surface area (Å²) in [6.07, 6.45) is 4.59. The highest BCUT2D eigenvalue weighted by Gasteiger charge is 2.14. The molecule has 17 heavy (non-hydrogen) atoms. The lowest BCUT2D eigenvalue weighted by Gasteiger charge is -2.07. The number of pyridine rings is 2. The predicted molar refractivity (Wildman–Crippen MR) is 62.9 cm³/mol. The second-order valence-electron chi connectivity index (χ2n) is 3.60. The van der Waals surface area contributed by atoms with Gasteiger partial charge in [-0.2, -0.15) is 0 Å². The monoisotopic (exact) mass is 232 g/mol. The normalized spacial score (nSPS) is 10.5. The number of hydrogen-bond acceptors (Lipinski definition) is 4. The van der Waals surface area contributed by atoms with Crippen molar-refractivity contribution in [2.24, 2.45) is 7.05 Å². The topological polar surface area (TPSA) is 61.2 Å². The van der Waals surface area contributed by atoms with Gasteiger partial charge in [0.15, 0.2) is 0 Å². The molecule has 0 aliphatic heterocycles. The maximum atomic E-state index is 12.1. The Morgan fingerprint density at radius 1 is 1.53 bits per heavy atom. The van der Waals surface area contributed by atoms with Gasteiger partial charge in [0.25, 0.3) is 0 Å². The van der Waals surface area contributed by atoms with Gasteiger partial charge in [0, 0.05) is 24.8 Å². The Morgan fingerprint density at radius 2 is 2.29 bits per heavy atom. The minimum Gasteiger partial charge on any atom is -0.462 e. The fourth-order valence-electron chi connectivity index (χ4n) is 1.68. The molecule has 0 fully saturated rings. The van der Waals surface area contributed by atoms with Crippen molar-refractivity contribution in [2.45, 2.75) is 6.92 Å². The van der Waals surface area contributed by atoms with E-state index in [0.717, 1.165) is 0 Å². The molecule has 2 aromatic rings. The number of hydrogen-bond donors (Lipinski definition) is 0. The molecule has 5 heteroatoms. The van der Waals surface area contributed by atoms with Gasteiger partial charge >= 0.3 is 5.97 Å². The molecule has 0 spiro atoms. The lowest BCUT2D eigenvalue weighted by Crippen LogP contribution is -2.20. The third-order valence-corrected chi connectivity index (χ3v) is 2.49. The van der Waals surface area contributed by atoms with E-state index in [4.69, 9.17) is 4.74 Å². The molecule has 2 heterocycles. The molecular formula is C12H12N2O3. The third-order valence-electron chi connectivity index (χ3n) is 2.49. The molecule has 0 atom stereocenters. The van der Waals surface area contributed by atoms with Crippen molar-refractivity contribution in [3.63, 3.8) is 0 Å². The van der Waals surface area contributed by atoms with Crippen LogP contribution in [-0.4, -0.2) is 22.1 Å². The van der Waals surface area contributed by atoms with Crippen LogP contribution in [0.5, 0.6) is 0 Å². The first kappa shape index (κ1) is 11.3. The molecule has 0 N–H and O–H groups in total. The van der Waals surface area contributed by atoms with Crippen LogP contribution in [0.1, 0.15) is 17.3 Å². The molecule has 2 aromatic heterocycles. The first-order chi connectivity index (χ1) is 8.15. The van der Waals surface area contributed by atoms with Gasteiger partial charge < -0.3 is 9.30 Å². The number of aromatic nitrogens is 2. The smallest absolute Gasteiger partial charge is 0.343 e. The Morgan fingerprint density at radius 3 is 3.00 bits per heavy atom. The van der Waals surface area contributed by atoms with Crippen molar-refractivity contribution in [3.8, 4) is 0 Å². The molecule has 0 bridgehead atoms.